The summed E-state index contributed by atoms with van der Waals surface area (Å²) in [6, 6.07) is 3.14. The molecule has 2 amide bonds. The Labute approximate surface area is 143 Å². The van der Waals surface area contributed by atoms with Crippen molar-refractivity contribution in [1.82, 2.24) is 5.32 Å². The lowest BCUT2D eigenvalue weighted by molar-refractivity contribution is -0.862. The summed E-state index contributed by atoms with van der Waals surface area (Å²) in [5.41, 5.74) is -1.02. The average Bonchev–Trinajstić information content (AvgIpc) is 2.38. The number of likely N-dealkylation sites (N-methyl/N-ethyl adjacent to an activating group) is 1. The molecule has 3 N–H and O–H groups in total. The molecule has 0 spiro atoms. The second-order valence-corrected chi connectivity index (χ2v) is 6.18. The first-order valence-electron chi connectivity index (χ1n) is 7.26. The zero-order valence-corrected chi connectivity index (χ0v) is 14.3. The molecule has 0 heterocycles. The van der Waals surface area contributed by atoms with Crippen molar-refractivity contribution in [3.63, 3.8) is 0 Å². The number of rotatable bonds is 6. The minimum Gasteiger partial charge on any atom is -0.349 e. The van der Waals surface area contributed by atoms with Gasteiger partial charge in [-0.1, -0.05) is 11.6 Å². The Bertz CT molecular complexity index is 606. The van der Waals surface area contributed by atoms with Crippen LogP contribution in [-0.4, -0.2) is 38.0 Å². The van der Waals surface area contributed by atoms with Crippen molar-refractivity contribution in [2.45, 2.75) is 26.1 Å². The number of carbonyl (C=O) groups is 2. The molecule has 0 bridgehead atoms. The first-order chi connectivity index (χ1) is 11.0. The monoisotopic (exact) mass is 366 g/mol. The lowest BCUT2D eigenvalue weighted by Gasteiger charge is -2.15. The highest BCUT2D eigenvalue weighted by atomic mass is 35.5. The van der Waals surface area contributed by atoms with Crippen LogP contribution in [0.15, 0.2) is 18.2 Å². The summed E-state index contributed by atoms with van der Waals surface area (Å²) in [5, 5.41) is 4.64. The predicted molar refractivity (Wildman–Crippen MR) is 85.0 cm³/mol. The molecule has 1 unspecified atom stereocenters. The second kappa shape index (κ2) is 8.34. The zero-order chi connectivity index (χ0) is 18.5. The topological polar surface area (TPSA) is 62.6 Å². The number of halogens is 4. The number of quaternary nitrogens is 1. The first kappa shape index (κ1) is 20.2. The third-order valence-corrected chi connectivity index (χ3v) is 3.26. The van der Waals surface area contributed by atoms with Gasteiger partial charge < -0.3 is 15.5 Å². The zero-order valence-electron chi connectivity index (χ0n) is 13.6. The predicted octanol–water partition coefficient (Wildman–Crippen LogP) is 1.34. The van der Waals surface area contributed by atoms with Gasteiger partial charge in [0, 0.05) is 11.7 Å². The summed E-state index contributed by atoms with van der Waals surface area (Å²) in [7, 11) is 1.64. The minimum atomic E-state index is -4.60. The van der Waals surface area contributed by atoms with Crippen LogP contribution >= 0.6 is 11.6 Å². The Kier molecular flexibility index (Phi) is 7.04. The van der Waals surface area contributed by atoms with E-state index in [2.05, 4.69) is 10.6 Å². The number of amides is 2. The lowest BCUT2D eigenvalue weighted by Crippen LogP contribution is -3.11. The van der Waals surface area contributed by atoms with E-state index in [0.717, 1.165) is 12.1 Å². The standard InChI is InChI=1S/C15H19ClF3N3O2/c1-9(2)20-13(23)7-22(3)8-14(24)21-10-4-5-12(16)11(6-10)15(17,18)19/h4-6,9H,7-8H2,1-3H3,(H,20,23)(H,21,24)/p+1. The summed E-state index contributed by atoms with van der Waals surface area (Å²) in [4.78, 5) is 24.1. The number of hydrogen-bond donors (Lipinski definition) is 3. The second-order valence-electron chi connectivity index (χ2n) is 5.77. The molecule has 1 atom stereocenters. The van der Waals surface area contributed by atoms with Crippen LogP contribution in [0.4, 0.5) is 18.9 Å². The molecule has 0 aromatic heterocycles. The van der Waals surface area contributed by atoms with Gasteiger partial charge in [-0.15, -0.1) is 0 Å². The number of benzene rings is 1. The van der Waals surface area contributed by atoms with Crippen LogP contribution in [0.3, 0.4) is 0 Å². The summed E-state index contributed by atoms with van der Waals surface area (Å²) in [6.45, 7) is 3.66. The van der Waals surface area contributed by atoms with Crippen molar-refractivity contribution in [2.24, 2.45) is 0 Å². The fourth-order valence-electron chi connectivity index (χ4n) is 2.01. The summed E-state index contributed by atoms with van der Waals surface area (Å²) >= 11 is 5.52. The molecular weight excluding hydrogens is 347 g/mol. The first-order valence-corrected chi connectivity index (χ1v) is 7.64. The van der Waals surface area contributed by atoms with E-state index in [9.17, 15) is 22.8 Å². The summed E-state index contributed by atoms with van der Waals surface area (Å²) in [6.07, 6.45) is -4.60. The quantitative estimate of drug-likeness (QED) is 0.711. The SMILES string of the molecule is CC(C)NC(=O)C[NH+](C)CC(=O)Nc1ccc(Cl)c(C(F)(F)F)c1. The van der Waals surface area contributed by atoms with E-state index in [-0.39, 0.29) is 30.7 Å². The number of carbonyl (C=O) groups excluding carboxylic acids is 2. The van der Waals surface area contributed by atoms with Crippen molar-refractivity contribution in [3.8, 4) is 0 Å². The number of hydrogen-bond acceptors (Lipinski definition) is 2. The highest BCUT2D eigenvalue weighted by molar-refractivity contribution is 6.31. The largest absolute Gasteiger partial charge is 0.417 e. The van der Waals surface area contributed by atoms with Crippen LogP contribution in [0.1, 0.15) is 19.4 Å². The van der Waals surface area contributed by atoms with Gasteiger partial charge in [0.2, 0.25) is 0 Å². The Morgan fingerprint density at radius 2 is 1.79 bits per heavy atom. The van der Waals surface area contributed by atoms with Gasteiger partial charge in [-0.05, 0) is 32.0 Å². The Morgan fingerprint density at radius 1 is 1.21 bits per heavy atom. The van der Waals surface area contributed by atoms with Gasteiger partial charge in [0.1, 0.15) is 0 Å². The molecule has 0 radical (unpaired) electrons. The highest BCUT2D eigenvalue weighted by Gasteiger charge is 2.33. The molecular formula is C15H20ClF3N3O2+. The molecule has 1 aromatic carbocycles. The van der Waals surface area contributed by atoms with Crippen molar-refractivity contribution in [1.29, 1.82) is 0 Å². The van der Waals surface area contributed by atoms with Crippen LogP contribution in [0.2, 0.25) is 5.02 Å². The minimum absolute atomic E-state index is 0.00356. The highest BCUT2D eigenvalue weighted by Crippen LogP contribution is 2.36. The summed E-state index contributed by atoms with van der Waals surface area (Å²) < 4.78 is 38.3. The maximum Gasteiger partial charge on any atom is 0.417 e. The van der Waals surface area contributed by atoms with Crippen LogP contribution in [0.5, 0.6) is 0 Å². The van der Waals surface area contributed by atoms with Crippen molar-refractivity contribution in [3.05, 3.63) is 28.8 Å². The van der Waals surface area contributed by atoms with E-state index in [0.29, 0.717) is 4.90 Å². The van der Waals surface area contributed by atoms with E-state index in [4.69, 9.17) is 11.6 Å². The fraction of sp³-hybridized carbons (Fsp3) is 0.467. The molecule has 0 saturated heterocycles. The third-order valence-electron chi connectivity index (χ3n) is 2.93. The van der Waals surface area contributed by atoms with E-state index in [1.54, 1.807) is 7.05 Å². The van der Waals surface area contributed by atoms with Crippen LogP contribution in [-0.2, 0) is 15.8 Å². The Hall–Kier alpha value is -1.80. The molecule has 0 fully saturated rings. The normalized spacial score (nSPS) is 12.8. The fourth-order valence-corrected chi connectivity index (χ4v) is 2.23. The van der Waals surface area contributed by atoms with Crippen molar-refractivity contribution < 1.29 is 27.7 Å². The van der Waals surface area contributed by atoms with Gasteiger partial charge in [-0.2, -0.15) is 13.2 Å². The third kappa shape index (κ3) is 6.76. The molecule has 0 aliphatic carbocycles. The molecule has 1 aromatic rings. The van der Waals surface area contributed by atoms with Crippen molar-refractivity contribution >= 4 is 29.1 Å². The molecule has 0 saturated carbocycles. The van der Waals surface area contributed by atoms with Gasteiger partial charge in [0.25, 0.3) is 11.8 Å². The van der Waals surface area contributed by atoms with Crippen LogP contribution in [0.25, 0.3) is 0 Å². The van der Waals surface area contributed by atoms with Gasteiger partial charge >= 0.3 is 6.18 Å². The van der Waals surface area contributed by atoms with Gasteiger partial charge in [0.05, 0.1) is 17.6 Å². The number of anilines is 1. The molecule has 9 heteroatoms. The number of alkyl halides is 3. The molecule has 5 nitrogen and oxygen atoms in total. The molecule has 134 valence electrons. The van der Waals surface area contributed by atoms with E-state index >= 15 is 0 Å². The van der Waals surface area contributed by atoms with Crippen molar-refractivity contribution in [2.75, 3.05) is 25.5 Å². The Balaban J connectivity index is 2.64. The summed E-state index contributed by atoms with van der Waals surface area (Å²) in [5.74, 6) is -0.707. The molecule has 0 aliphatic heterocycles. The van der Waals surface area contributed by atoms with E-state index < -0.39 is 22.7 Å². The van der Waals surface area contributed by atoms with E-state index in [1.807, 2.05) is 13.8 Å². The molecule has 24 heavy (non-hydrogen) atoms. The van der Waals surface area contributed by atoms with Crippen LogP contribution in [0, 0.1) is 0 Å². The average molecular weight is 367 g/mol. The van der Waals surface area contributed by atoms with E-state index in [1.165, 1.54) is 6.07 Å². The van der Waals surface area contributed by atoms with Crippen LogP contribution < -0.4 is 15.5 Å². The maximum atomic E-state index is 12.8. The smallest absolute Gasteiger partial charge is 0.349 e. The number of nitrogens with one attached hydrogen (secondary N) is 3. The molecule has 1 rings (SSSR count). The Morgan fingerprint density at radius 3 is 2.33 bits per heavy atom. The van der Waals surface area contributed by atoms with Gasteiger partial charge in [0.15, 0.2) is 13.1 Å². The lowest BCUT2D eigenvalue weighted by atomic mass is 10.2. The molecule has 0 aliphatic rings. The van der Waals surface area contributed by atoms with Gasteiger partial charge in [-0.25, -0.2) is 0 Å². The maximum absolute atomic E-state index is 12.8. The van der Waals surface area contributed by atoms with Gasteiger partial charge in [-0.3, -0.25) is 9.59 Å².